The maximum Gasteiger partial charge on any atom is 0.261 e. The Morgan fingerprint density at radius 3 is 2.20 bits per heavy atom. The maximum atomic E-state index is 13.5. The van der Waals surface area contributed by atoms with Crippen LogP contribution in [0.2, 0.25) is 0 Å². The Balaban J connectivity index is 1.86. The van der Waals surface area contributed by atoms with Crippen molar-refractivity contribution in [2.75, 3.05) is 20.3 Å². The van der Waals surface area contributed by atoms with Crippen LogP contribution in [0.4, 0.5) is 4.39 Å². The number of ether oxygens (including phenoxy) is 2. The quantitative estimate of drug-likeness (QED) is 0.420. The number of hydrogen-bond acceptors (Lipinski definition) is 4. The first-order chi connectivity index (χ1) is 17.0. The van der Waals surface area contributed by atoms with E-state index in [1.807, 2.05) is 37.3 Å². The summed E-state index contributed by atoms with van der Waals surface area (Å²) in [6, 6.07) is 21.6. The van der Waals surface area contributed by atoms with Crippen molar-refractivity contribution in [1.29, 1.82) is 0 Å². The van der Waals surface area contributed by atoms with Crippen LogP contribution in [-0.4, -0.2) is 43.0 Å². The van der Waals surface area contributed by atoms with Crippen LogP contribution in [0, 0.1) is 5.82 Å². The molecule has 0 unspecified atom stereocenters. The van der Waals surface area contributed by atoms with Gasteiger partial charge in [-0.2, -0.15) is 0 Å². The van der Waals surface area contributed by atoms with E-state index in [0.29, 0.717) is 30.0 Å². The number of nitrogens with one attached hydrogen (secondary N) is 1. The Bertz CT molecular complexity index is 1070. The van der Waals surface area contributed by atoms with Gasteiger partial charge in [0.15, 0.2) is 6.61 Å². The molecule has 6 nitrogen and oxygen atoms in total. The third-order valence-electron chi connectivity index (χ3n) is 5.51. The summed E-state index contributed by atoms with van der Waals surface area (Å²) >= 11 is 0. The van der Waals surface area contributed by atoms with Crippen molar-refractivity contribution in [2.24, 2.45) is 0 Å². The number of nitrogens with zero attached hydrogens (tertiary/aromatic N) is 1. The SMILES string of the molecule is CCCNC(=O)[C@@H](Cc1ccccc1)N(Cc1ccc(F)cc1)C(=O)COc1ccc(OC)cc1. The molecular weight excluding hydrogens is 447 g/mol. The van der Waals surface area contributed by atoms with Gasteiger partial charge in [0.25, 0.3) is 5.91 Å². The van der Waals surface area contributed by atoms with Crippen LogP contribution < -0.4 is 14.8 Å². The van der Waals surface area contributed by atoms with Gasteiger partial charge in [0.05, 0.1) is 7.11 Å². The molecule has 0 saturated heterocycles. The van der Waals surface area contributed by atoms with E-state index in [1.165, 1.54) is 17.0 Å². The second-order valence-corrected chi connectivity index (χ2v) is 8.11. The Morgan fingerprint density at radius 2 is 1.57 bits per heavy atom. The lowest BCUT2D eigenvalue weighted by Crippen LogP contribution is -2.51. The zero-order valence-corrected chi connectivity index (χ0v) is 20.1. The molecule has 3 aromatic carbocycles. The Hall–Kier alpha value is -3.87. The molecule has 0 aliphatic carbocycles. The van der Waals surface area contributed by atoms with Gasteiger partial charge >= 0.3 is 0 Å². The highest BCUT2D eigenvalue weighted by Gasteiger charge is 2.30. The summed E-state index contributed by atoms with van der Waals surface area (Å²) in [6.45, 7) is 2.36. The predicted octanol–water partition coefficient (Wildman–Crippen LogP) is 4.38. The van der Waals surface area contributed by atoms with Crippen molar-refractivity contribution < 1.29 is 23.5 Å². The number of benzene rings is 3. The highest BCUT2D eigenvalue weighted by molar-refractivity contribution is 5.88. The number of carbonyl (C=O) groups is 2. The molecule has 0 heterocycles. The minimum Gasteiger partial charge on any atom is -0.497 e. The lowest BCUT2D eigenvalue weighted by molar-refractivity contribution is -0.142. The average molecular weight is 479 g/mol. The van der Waals surface area contributed by atoms with E-state index in [2.05, 4.69) is 5.32 Å². The number of methoxy groups -OCH3 is 1. The van der Waals surface area contributed by atoms with Gasteiger partial charge in [0.1, 0.15) is 23.4 Å². The van der Waals surface area contributed by atoms with Crippen molar-refractivity contribution in [3.63, 3.8) is 0 Å². The number of amides is 2. The molecule has 2 amide bonds. The standard InChI is InChI=1S/C28H31FN2O4/c1-3-17-30-28(33)26(18-21-7-5-4-6-8-21)31(19-22-9-11-23(29)12-10-22)27(32)20-35-25-15-13-24(34-2)14-16-25/h4-16,26H,3,17-20H2,1-2H3,(H,30,33)/t26-/m1/s1. The van der Waals surface area contributed by atoms with Gasteiger partial charge in [-0.3, -0.25) is 9.59 Å². The molecule has 0 aromatic heterocycles. The molecule has 3 rings (SSSR count). The van der Waals surface area contributed by atoms with Crippen LogP contribution in [0.3, 0.4) is 0 Å². The van der Waals surface area contributed by atoms with E-state index < -0.39 is 6.04 Å². The van der Waals surface area contributed by atoms with Crippen LogP contribution in [0.5, 0.6) is 11.5 Å². The molecule has 0 spiro atoms. The molecule has 0 saturated carbocycles. The predicted molar refractivity (Wildman–Crippen MR) is 133 cm³/mol. The Kier molecular flexibility index (Phi) is 9.66. The van der Waals surface area contributed by atoms with Crippen molar-refractivity contribution in [3.8, 4) is 11.5 Å². The summed E-state index contributed by atoms with van der Waals surface area (Å²) in [5, 5.41) is 2.92. The van der Waals surface area contributed by atoms with Gasteiger partial charge in [0.2, 0.25) is 5.91 Å². The van der Waals surface area contributed by atoms with E-state index in [4.69, 9.17) is 9.47 Å². The van der Waals surface area contributed by atoms with Gasteiger partial charge in [-0.15, -0.1) is 0 Å². The second-order valence-electron chi connectivity index (χ2n) is 8.11. The monoisotopic (exact) mass is 478 g/mol. The van der Waals surface area contributed by atoms with Crippen molar-refractivity contribution in [3.05, 3.63) is 95.8 Å². The molecule has 0 fully saturated rings. The molecule has 0 bridgehead atoms. The molecule has 7 heteroatoms. The summed E-state index contributed by atoms with van der Waals surface area (Å²) in [7, 11) is 1.57. The molecule has 1 N–H and O–H groups in total. The molecule has 0 aliphatic heterocycles. The molecule has 35 heavy (non-hydrogen) atoms. The van der Waals surface area contributed by atoms with Gasteiger partial charge in [-0.1, -0.05) is 49.4 Å². The van der Waals surface area contributed by atoms with Gasteiger partial charge < -0.3 is 19.7 Å². The first-order valence-electron chi connectivity index (χ1n) is 11.6. The second kappa shape index (κ2) is 13.1. The topological polar surface area (TPSA) is 67.9 Å². The van der Waals surface area contributed by atoms with Crippen LogP contribution in [-0.2, 0) is 22.6 Å². The third kappa shape index (κ3) is 7.84. The lowest BCUT2D eigenvalue weighted by Gasteiger charge is -2.31. The lowest BCUT2D eigenvalue weighted by atomic mass is 10.0. The van der Waals surface area contributed by atoms with Crippen molar-refractivity contribution in [1.82, 2.24) is 10.2 Å². The molecule has 0 aliphatic rings. The molecule has 1 atom stereocenters. The van der Waals surface area contributed by atoms with Crippen molar-refractivity contribution in [2.45, 2.75) is 32.4 Å². The van der Waals surface area contributed by atoms with E-state index in [0.717, 1.165) is 12.0 Å². The fourth-order valence-corrected chi connectivity index (χ4v) is 3.61. The number of halogens is 1. The van der Waals surface area contributed by atoms with E-state index >= 15 is 0 Å². The largest absolute Gasteiger partial charge is 0.497 e. The maximum absolute atomic E-state index is 13.5. The smallest absolute Gasteiger partial charge is 0.261 e. The minimum atomic E-state index is -0.763. The molecule has 3 aromatic rings. The Labute approximate surface area is 205 Å². The first-order valence-corrected chi connectivity index (χ1v) is 11.6. The first kappa shape index (κ1) is 25.7. The highest BCUT2D eigenvalue weighted by Crippen LogP contribution is 2.19. The highest BCUT2D eigenvalue weighted by atomic mass is 19.1. The molecular formula is C28H31FN2O4. The van der Waals surface area contributed by atoms with Gasteiger partial charge in [-0.05, 0) is 53.9 Å². The molecule has 0 radical (unpaired) electrons. The molecule has 184 valence electrons. The van der Waals surface area contributed by atoms with Crippen molar-refractivity contribution >= 4 is 11.8 Å². The summed E-state index contributed by atoms with van der Waals surface area (Å²) in [5.41, 5.74) is 1.64. The summed E-state index contributed by atoms with van der Waals surface area (Å²) in [4.78, 5) is 28.2. The van der Waals surface area contributed by atoms with E-state index in [-0.39, 0.29) is 30.8 Å². The van der Waals surface area contributed by atoms with Crippen LogP contribution in [0.25, 0.3) is 0 Å². The average Bonchev–Trinajstić information content (AvgIpc) is 2.89. The number of carbonyl (C=O) groups excluding carboxylic acids is 2. The van der Waals surface area contributed by atoms with Crippen LogP contribution in [0.1, 0.15) is 24.5 Å². The summed E-state index contributed by atoms with van der Waals surface area (Å²) in [5.74, 6) is 0.234. The zero-order chi connectivity index (χ0) is 25.0. The summed E-state index contributed by atoms with van der Waals surface area (Å²) in [6.07, 6.45) is 1.11. The van der Waals surface area contributed by atoms with Gasteiger partial charge in [0, 0.05) is 19.5 Å². The van der Waals surface area contributed by atoms with E-state index in [1.54, 1.807) is 43.5 Å². The zero-order valence-electron chi connectivity index (χ0n) is 20.1. The third-order valence-corrected chi connectivity index (χ3v) is 5.51. The fraction of sp³-hybridized carbons (Fsp3) is 0.286. The minimum absolute atomic E-state index is 0.141. The fourth-order valence-electron chi connectivity index (χ4n) is 3.61. The van der Waals surface area contributed by atoms with Crippen LogP contribution in [0.15, 0.2) is 78.9 Å². The van der Waals surface area contributed by atoms with E-state index in [9.17, 15) is 14.0 Å². The summed E-state index contributed by atoms with van der Waals surface area (Å²) < 4.78 is 24.4. The Morgan fingerprint density at radius 1 is 0.914 bits per heavy atom. The number of rotatable bonds is 12. The number of hydrogen-bond donors (Lipinski definition) is 1. The van der Waals surface area contributed by atoms with Crippen LogP contribution >= 0.6 is 0 Å². The normalized spacial score (nSPS) is 11.4. The van der Waals surface area contributed by atoms with Gasteiger partial charge in [-0.25, -0.2) is 4.39 Å².